The van der Waals surface area contributed by atoms with Crippen molar-refractivity contribution in [2.75, 3.05) is 37.7 Å². The van der Waals surface area contributed by atoms with Crippen LogP contribution in [0.1, 0.15) is 89.1 Å². The molecule has 14 heteroatoms. The van der Waals surface area contributed by atoms with Crippen molar-refractivity contribution in [1.29, 1.82) is 0 Å². The van der Waals surface area contributed by atoms with Gasteiger partial charge in [-0.3, -0.25) is 4.79 Å². The molecular weight excluding hydrogens is 691 g/mol. The highest BCUT2D eigenvalue weighted by Crippen LogP contribution is 2.35. The Balaban J connectivity index is 1.11. The number of amides is 2. The molecule has 1 N–H and O–H groups in total. The molecule has 7 rings (SSSR count). The number of aromatic nitrogens is 5. The summed E-state index contributed by atoms with van der Waals surface area (Å²) >= 11 is 0. The van der Waals surface area contributed by atoms with Crippen LogP contribution in [0.25, 0.3) is 33.4 Å². The zero-order chi connectivity index (χ0) is 38.2. The fraction of sp³-hybridized carbons (Fsp3) is 0.450. The van der Waals surface area contributed by atoms with Crippen molar-refractivity contribution in [1.82, 2.24) is 35.1 Å². The van der Waals surface area contributed by atoms with E-state index in [1.54, 1.807) is 17.0 Å². The van der Waals surface area contributed by atoms with Crippen molar-refractivity contribution in [3.05, 3.63) is 77.8 Å². The number of ether oxygens (including phenoxy) is 2. The molecule has 0 spiro atoms. The van der Waals surface area contributed by atoms with Crippen molar-refractivity contribution < 1.29 is 28.0 Å². The van der Waals surface area contributed by atoms with Crippen LogP contribution in [0.4, 0.5) is 14.9 Å². The highest BCUT2D eigenvalue weighted by atomic mass is 19.1. The summed E-state index contributed by atoms with van der Waals surface area (Å²) in [6.07, 6.45) is 4.09. The Morgan fingerprint density at radius 1 is 0.944 bits per heavy atom. The van der Waals surface area contributed by atoms with Gasteiger partial charge in [-0.1, -0.05) is 50.2 Å². The number of halogens is 1. The van der Waals surface area contributed by atoms with Crippen LogP contribution in [-0.4, -0.2) is 80.2 Å². The highest BCUT2D eigenvalue weighted by Gasteiger charge is 2.28. The second kappa shape index (κ2) is 14.8. The van der Waals surface area contributed by atoms with Crippen molar-refractivity contribution in [3.8, 4) is 22.4 Å². The van der Waals surface area contributed by atoms with Gasteiger partial charge in [0.05, 0.1) is 0 Å². The summed E-state index contributed by atoms with van der Waals surface area (Å²) in [6, 6.07) is 15.2. The molecular formula is C40H47FN8O5. The van der Waals surface area contributed by atoms with E-state index >= 15 is 4.39 Å². The number of nitrogens with one attached hydrogen (secondary N) is 1. The van der Waals surface area contributed by atoms with E-state index in [-0.39, 0.29) is 30.2 Å². The standard InChI is InChI=1S/C40H47FN8O5/c1-39(2,3)37-44-36(54-46-37)35(50)43-23-27-11-10-26(22-31(27)41)33-30-21-28(24-42-34(30)49(45-33)32-9-7-8-20-52-32)25-12-14-29(15-13-25)47-16-18-48(19-17-47)38(51)53-40(4,5)6/h10-15,21-22,24,32H,7-9,16-20,23H2,1-6H3,(H,43,50). The maximum Gasteiger partial charge on any atom is 0.410 e. The normalized spacial score (nSPS) is 16.8. The van der Waals surface area contributed by atoms with E-state index in [1.165, 1.54) is 6.07 Å². The number of carbonyl (C=O) groups excluding carboxylic acids is 2. The number of pyridine rings is 1. The molecule has 2 amide bonds. The Hall–Kier alpha value is -5.37. The molecule has 2 aromatic carbocycles. The zero-order valence-corrected chi connectivity index (χ0v) is 31.7. The van der Waals surface area contributed by atoms with E-state index in [0.717, 1.165) is 41.5 Å². The summed E-state index contributed by atoms with van der Waals surface area (Å²) in [5.41, 5.74) is 4.15. The average molecular weight is 739 g/mol. The van der Waals surface area contributed by atoms with Gasteiger partial charge < -0.3 is 29.1 Å². The number of anilines is 1. The van der Waals surface area contributed by atoms with E-state index in [4.69, 9.17) is 24.1 Å². The first-order chi connectivity index (χ1) is 25.7. The first-order valence-electron chi connectivity index (χ1n) is 18.5. The van der Waals surface area contributed by atoms with Gasteiger partial charge in [0, 0.05) is 78.7 Å². The van der Waals surface area contributed by atoms with Gasteiger partial charge in [-0.25, -0.2) is 18.9 Å². The molecule has 2 saturated heterocycles. The van der Waals surface area contributed by atoms with Crippen LogP contribution in [0.5, 0.6) is 0 Å². The van der Waals surface area contributed by atoms with Crippen LogP contribution >= 0.6 is 0 Å². The largest absolute Gasteiger partial charge is 0.444 e. The van der Waals surface area contributed by atoms with Crippen LogP contribution in [0.3, 0.4) is 0 Å². The molecule has 3 aromatic heterocycles. The van der Waals surface area contributed by atoms with Gasteiger partial charge in [0.25, 0.3) is 0 Å². The minimum absolute atomic E-state index is 0.0651. The van der Waals surface area contributed by atoms with Gasteiger partial charge in [-0.15, -0.1) is 0 Å². The second-order valence-corrected chi connectivity index (χ2v) is 15.9. The third kappa shape index (κ3) is 8.08. The number of nitrogens with zero attached hydrogens (tertiary/aromatic N) is 7. The molecule has 1 unspecified atom stereocenters. The summed E-state index contributed by atoms with van der Waals surface area (Å²) in [5.74, 6) is -0.826. The molecule has 2 fully saturated rings. The molecule has 1 atom stereocenters. The number of fused-ring (bicyclic) bond motifs is 1. The summed E-state index contributed by atoms with van der Waals surface area (Å²) in [6.45, 7) is 14.5. The molecule has 0 aliphatic carbocycles. The predicted molar refractivity (Wildman–Crippen MR) is 201 cm³/mol. The van der Waals surface area contributed by atoms with E-state index in [0.29, 0.717) is 61.1 Å². The second-order valence-electron chi connectivity index (χ2n) is 15.9. The van der Waals surface area contributed by atoms with Gasteiger partial charge in [-0.2, -0.15) is 10.1 Å². The molecule has 0 radical (unpaired) electrons. The number of benzene rings is 2. The fourth-order valence-electron chi connectivity index (χ4n) is 6.56. The molecule has 54 heavy (non-hydrogen) atoms. The van der Waals surface area contributed by atoms with Crippen LogP contribution in [-0.2, 0) is 21.4 Å². The first kappa shape index (κ1) is 37.0. The molecule has 284 valence electrons. The molecule has 2 aliphatic rings. The lowest BCUT2D eigenvalue weighted by molar-refractivity contribution is -0.0368. The van der Waals surface area contributed by atoms with Gasteiger partial charge in [-0.05, 0) is 69.9 Å². The SMILES string of the molecule is CC(C)(C)OC(=O)N1CCN(c2ccc(-c3cnc4c(c3)c(-c3ccc(CNC(=O)c5nc(C(C)(C)C)no5)c(F)c3)nn4C3CCCCO3)cc2)CC1. The summed E-state index contributed by atoms with van der Waals surface area (Å²) in [5, 5.41) is 12.3. The Bertz CT molecular complexity index is 2140. The van der Waals surface area contributed by atoms with Crippen LogP contribution in [0, 0.1) is 5.82 Å². The lowest BCUT2D eigenvalue weighted by Gasteiger charge is -2.36. The Labute approximate surface area is 313 Å². The Morgan fingerprint density at radius 2 is 1.69 bits per heavy atom. The number of piperazine rings is 1. The van der Waals surface area contributed by atoms with E-state index < -0.39 is 17.3 Å². The fourth-order valence-corrected chi connectivity index (χ4v) is 6.56. The number of hydrogen-bond acceptors (Lipinski definition) is 10. The van der Waals surface area contributed by atoms with Crippen molar-refractivity contribution >= 4 is 28.7 Å². The van der Waals surface area contributed by atoms with Gasteiger partial charge >= 0.3 is 17.9 Å². The maximum atomic E-state index is 15.7. The third-order valence-corrected chi connectivity index (χ3v) is 9.53. The highest BCUT2D eigenvalue weighted by molar-refractivity contribution is 5.94. The van der Waals surface area contributed by atoms with E-state index in [1.807, 2.05) is 58.5 Å². The summed E-state index contributed by atoms with van der Waals surface area (Å²) in [7, 11) is 0. The topological polar surface area (TPSA) is 141 Å². The summed E-state index contributed by atoms with van der Waals surface area (Å²) < 4.78 is 34.3. The Kier molecular flexibility index (Phi) is 10.1. The Morgan fingerprint density at radius 3 is 2.33 bits per heavy atom. The van der Waals surface area contributed by atoms with Crippen LogP contribution in [0.15, 0.2) is 59.3 Å². The maximum absolute atomic E-state index is 15.7. The monoisotopic (exact) mass is 738 g/mol. The number of rotatable bonds is 7. The quantitative estimate of drug-likeness (QED) is 0.181. The lowest BCUT2D eigenvalue weighted by atomic mass is 9.96. The predicted octanol–water partition coefficient (Wildman–Crippen LogP) is 7.27. The molecule has 0 bridgehead atoms. The lowest BCUT2D eigenvalue weighted by Crippen LogP contribution is -2.50. The first-order valence-corrected chi connectivity index (χ1v) is 18.5. The minimum Gasteiger partial charge on any atom is -0.444 e. The molecule has 13 nitrogen and oxygen atoms in total. The van der Waals surface area contributed by atoms with Gasteiger partial charge in [0.2, 0.25) is 0 Å². The van der Waals surface area contributed by atoms with E-state index in [2.05, 4.69) is 44.6 Å². The zero-order valence-electron chi connectivity index (χ0n) is 31.7. The van der Waals surface area contributed by atoms with Gasteiger partial charge in [0.15, 0.2) is 17.7 Å². The minimum atomic E-state index is -0.578. The number of carbonyl (C=O) groups is 2. The van der Waals surface area contributed by atoms with Crippen LogP contribution < -0.4 is 10.2 Å². The van der Waals surface area contributed by atoms with Crippen molar-refractivity contribution in [2.24, 2.45) is 0 Å². The molecule has 5 aromatic rings. The molecule has 5 heterocycles. The molecule has 0 saturated carbocycles. The van der Waals surface area contributed by atoms with Crippen molar-refractivity contribution in [2.45, 2.75) is 84.6 Å². The average Bonchev–Trinajstić information content (AvgIpc) is 3.81. The van der Waals surface area contributed by atoms with E-state index in [9.17, 15) is 9.59 Å². The van der Waals surface area contributed by atoms with Crippen molar-refractivity contribution in [3.63, 3.8) is 0 Å². The summed E-state index contributed by atoms with van der Waals surface area (Å²) in [4.78, 5) is 38.3. The third-order valence-electron chi connectivity index (χ3n) is 9.53. The van der Waals surface area contributed by atoms with Crippen LogP contribution in [0.2, 0.25) is 0 Å². The molecule has 2 aliphatic heterocycles. The number of hydrogen-bond donors (Lipinski definition) is 1. The van der Waals surface area contributed by atoms with Gasteiger partial charge in [0.1, 0.15) is 17.1 Å². The smallest absolute Gasteiger partial charge is 0.410 e.